The van der Waals surface area contributed by atoms with Crippen LogP contribution in [0, 0.1) is 6.92 Å². The van der Waals surface area contributed by atoms with Crippen LogP contribution in [0.25, 0.3) is 16.7 Å². The lowest BCUT2D eigenvalue weighted by atomic mass is 10.2. The first-order chi connectivity index (χ1) is 13.0. The predicted molar refractivity (Wildman–Crippen MR) is 111 cm³/mol. The molecular formula is C20H14BrClN4O. The third-order valence-corrected chi connectivity index (χ3v) is 5.08. The number of aromatic nitrogens is 3. The first kappa shape index (κ1) is 17.7. The number of carbonyl (C=O) groups is 1. The molecule has 0 unspecified atom stereocenters. The molecule has 0 radical (unpaired) electrons. The number of aryl methyl sites for hydroxylation is 1. The summed E-state index contributed by atoms with van der Waals surface area (Å²) >= 11 is 9.94. The molecule has 2 heterocycles. The highest BCUT2D eigenvalue weighted by Crippen LogP contribution is 2.30. The van der Waals surface area contributed by atoms with Crippen LogP contribution in [0.3, 0.4) is 0 Å². The van der Waals surface area contributed by atoms with Gasteiger partial charge < -0.3 is 5.32 Å². The largest absolute Gasteiger partial charge is 0.322 e. The number of anilines is 1. The fourth-order valence-electron chi connectivity index (χ4n) is 2.85. The Labute approximate surface area is 169 Å². The summed E-state index contributed by atoms with van der Waals surface area (Å²) in [6.45, 7) is 1.85. The van der Waals surface area contributed by atoms with Crippen molar-refractivity contribution in [1.29, 1.82) is 0 Å². The van der Waals surface area contributed by atoms with Crippen molar-refractivity contribution in [2.75, 3.05) is 5.32 Å². The summed E-state index contributed by atoms with van der Waals surface area (Å²) in [4.78, 5) is 17.1. The van der Waals surface area contributed by atoms with Crippen LogP contribution in [-0.4, -0.2) is 20.7 Å². The van der Waals surface area contributed by atoms with Gasteiger partial charge in [0.1, 0.15) is 0 Å². The lowest BCUT2D eigenvalue weighted by molar-refractivity contribution is 0.102. The molecule has 1 amide bonds. The molecule has 0 bridgehead atoms. The normalized spacial score (nSPS) is 10.9. The minimum Gasteiger partial charge on any atom is -0.322 e. The van der Waals surface area contributed by atoms with E-state index >= 15 is 0 Å². The maximum atomic E-state index is 12.7. The fraction of sp³-hybridized carbons (Fsp3) is 0.0500. The molecule has 134 valence electrons. The first-order valence-electron chi connectivity index (χ1n) is 8.21. The number of hydrogen-bond donors (Lipinski definition) is 1. The van der Waals surface area contributed by atoms with Crippen molar-refractivity contribution in [3.8, 4) is 5.69 Å². The molecule has 7 heteroatoms. The summed E-state index contributed by atoms with van der Waals surface area (Å²) in [5.41, 5.74) is 3.19. The van der Waals surface area contributed by atoms with Crippen molar-refractivity contribution >= 4 is 50.2 Å². The highest BCUT2D eigenvalue weighted by atomic mass is 79.9. The first-order valence-corrected chi connectivity index (χ1v) is 9.38. The van der Waals surface area contributed by atoms with Crippen LogP contribution in [0.4, 0.5) is 5.69 Å². The van der Waals surface area contributed by atoms with E-state index in [2.05, 4.69) is 31.3 Å². The highest BCUT2D eigenvalue weighted by Gasteiger charge is 2.20. The van der Waals surface area contributed by atoms with Crippen molar-refractivity contribution in [1.82, 2.24) is 14.8 Å². The average molecular weight is 442 g/mol. The summed E-state index contributed by atoms with van der Waals surface area (Å²) in [6.07, 6.45) is 1.49. The van der Waals surface area contributed by atoms with Crippen LogP contribution in [0.1, 0.15) is 16.1 Å². The van der Waals surface area contributed by atoms with Gasteiger partial charge >= 0.3 is 0 Å². The number of benzene rings is 2. The lowest BCUT2D eigenvalue weighted by Crippen LogP contribution is -2.13. The van der Waals surface area contributed by atoms with Crippen molar-refractivity contribution in [2.45, 2.75) is 6.92 Å². The number of nitrogens with one attached hydrogen (secondary N) is 1. The van der Waals surface area contributed by atoms with E-state index in [-0.39, 0.29) is 5.91 Å². The van der Waals surface area contributed by atoms with Crippen LogP contribution in [0.2, 0.25) is 5.02 Å². The van der Waals surface area contributed by atoms with Crippen LogP contribution >= 0.6 is 27.5 Å². The topological polar surface area (TPSA) is 59.8 Å². The van der Waals surface area contributed by atoms with Gasteiger partial charge in [0.05, 0.1) is 27.4 Å². The number of carbonyl (C=O) groups excluding carboxylic acids is 1. The number of amides is 1. The second-order valence-electron chi connectivity index (χ2n) is 5.98. The Hall–Kier alpha value is -2.70. The summed E-state index contributed by atoms with van der Waals surface area (Å²) < 4.78 is 2.66. The molecule has 0 saturated carbocycles. The minimum atomic E-state index is -0.316. The monoisotopic (exact) mass is 440 g/mol. The van der Waals surface area contributed by atoms with Crippen molar-refractivity contribution in [3.05, 3.63) is 81.5 Å². The zero-order valence-electron chi connectivity index (χ0n) is 14.3. The second kappa shape index (κ2) is 7.13. The number of nitrogens with zero attached hydrogens (tertiary/aromatic N) is 3. The van der Waals surface area contributed by atoms with Crippen LogP contribution in [0.5, 0.6) is 0 Å². The highest BCUT2D eigenvalue weighted by molar-refractivity contribution is 9.10. The van der Waals surface area contributed by atoms with Crippen LogP contribution in [0.15, 0.2) is 65.3 Å². The summed E-state index contributed by atoms with van der Waals surface area (Å²) in [6, 6.07) is 17.0. The molecule has 4 rings (SSSR count). The number of halogens is 2. The van der Waals surface area contributed by atoms with Gasteiger partial charge in [0.15, 0.2) is 5.65 Å². The van der Waals surface area contributed by atoms with Gasteiger partial charge in [-0.05, 0) is 43.3 Å². The molecule has 0 aliphatic rings. The van der Waals surface area contributed by atoms with E-state index in [1.807, 2.05) is 49.4 Å². The molecule has 27 heavy (non-hydrogen) atoms. The fourth-order valence-corrected chi connectivity index (χ4v) is 3.47. The lowest BCUT2D eigenvalue weighted by Gasteiger charge is -2.08. The second-order valence-corrected chi connectivity index (χ2v) is 7.27. The van der Waals surface area contributed by atoms with Gasteiger partial charge in [0.25, 0.3) is 5.91 Å². The van der Waals surface area contributed by atoms with Gasteiger partial charge in [-0.25, -0.2) is 9.67 Å². The Morgan fingerprint density at radius 2 is 1.81 bits per heavy atom. The van der Waals surface area contributed by atoms with Gasteiger partial charge in [0.2, 0.25) is 0 Å². The zero-order chi connectivity index (χ0) is 19.0. The van der Waals surface area contributed by atoms with E-state index in [0.717, 1.165) is 10.2 Å². The van der Waals surface area contributed by atoms with E-state index in [1.165, 1.54) is 6.20 Å². The molecule has 0 atom stereocenters. The number of fused-ring (bicyclic) bond motifs is 1. The Morgan fingerprint density at radius 1 is 1.11 bits per heavy atom. The third-order valence-electron chi connectivity index (χ3n) is 4.16. The van der Waals surface area contributed by atoms with Gasteiger partial charge in [-0.2, -0.15) is 5.10 Å². The van der Waals surface area contributed by atoms with Gasteiger partial charge in [-0.1, -0.05) is 45.7 Å². The Kier molecular flexibility index (Phi) is 4.68. The Bertz CT molecular complexity index is 1140. The van der Waals surface area contributed by atoms with Crippen molar-refractivity contribution < 1.29 is 4.79 Å². The molecule has 2 aromatic carbocycles. The Balaban J connectivity index is 1.75. The molecule has 1 N–H and O–H groups in total. The molecule has 5 nitrogen and oxygen atoms in total. The standard InChI is InChI=1S/C20H14BrClN4O/c1-12-17-18(22)16(20(27)24-14-9-7-13(21)8-10-14)11-23-19(17)26(25-12)15-5-3-2-4-6-15/h2-11H,1H3,(H,24,27). The molecular weight excluding hydrogens is 428 g/mol. The SMILES string of the molecule is Cc1nn(-c2ccccc2)c2ncc(C(=O)Nc3ccc(Br)cc3)c(Cl)c12. The van der Waals surface area contributed by atoms with E-state index in [0.29, 0.717) is 33.0 Å². The zero-order valence-corrected chi connectivity index (χ0v) is 16.6. The number of rotatable bonds is 3. The average Bonchev–Trinajstić information content (AvgIpc) is 3.02. The number of pyridine rings is 1. The summed E-state index contributed by atoms with van der Waals surface area (Å²) in [5.74, 6) is -0.316. The van der Waals surface area contributed by atoms with Gasteiger partial charge in [-0.15, -0.1) is 0 Å². The smallest absolute Gasteiger partial charge is 0.258 e. The molecule has 0 aliphatic heterocycles. The van der Waals surface area contributed by atoms with Crippen LogP contribution in [-0.2, 0) is 0 Å². The third kappa shape index (κ3) is 3.34. The minimum absolute atomic E-state index is 0.308. The number of hydrogen-bond acceptors (Lipinski definition) is 3. The summed E-state index contributed by atoms with van der Waals surface area (Å²) in [7, 11) is 0. The van der Waals surface area contributed by atoms with Crippen LogP contribution < -0.4 is 5.32 Å². The van der Waals surface area contributed by atoms with E-state index in [9.17, 15) is 4.79 Å². The van der Waals surface area contributed by atoms with E-state index < -0.39 is 0 Å². The molecule has 2 aromatic heterocycles. The van der Waals surface area contributed by atoms with E-state index in [1.54, 1.807) is 16.8 Å². The molecule has 0 spiro atoms. The molecule has 4 aromatic rings. The predicted octanol–water partition coefficient (Wildman–Crippen LogP) is 5.40. The molecule has 0 aliphatic carbocycles. The van der Waals surface area contributed by atoms with Gasteiger partial charge in [-0.3, -0.25) is 4.79 Å². The Morgan fingerprint density at radius 3 is 2.52 bits per heavy atom. The van der Waals surface area contributed by atoms with E-state index in [4.69, 9.17) is 11.6 Å². The maximum absolute atomic E-state index is 12.7. The number of para-hydroxylation sites is 1. The van der Waals surface area contributed by atoms with Gasteiger partial charge in [0, 0.05) is 16.4 Å². The quantitative estimate of drug-likeness (QED) is 0.463. The maximum Gasteiger partial charge on any atom is 0.258 e. The van der Waals surface area contributed by atoms with Crippen molar-refractivity contribution in [3.63, 3.8) is 0 Å². The van der Waals surface area contributed by atoms with Crippen molar-refractivity contribution in [2.24, 2.45) is 0 Å². The summed E-state index contributed by atoms with van der Waals surface area (Å²) in [5, 5.41) is 8.40. The molecule has 0 fully saturated rings. The molecule has 0 saturated heterocycles.